The third-order valence-corrected chi connectivity index (χ3v) is 11.2. The first-order valence-corrected chi connectivity index (χ1v) is 18.7. The number of hydrogen-bond acceptors (Lipinski definition) is 6. The van der Waals surface area contributed by atoms with E-state index in [9.17, 15) is 10.2 Å². The molecule has 6 nitrogen and oxygen atoms in total. The van der Waals surface area contributed by atoms with Crippen molar-refractivity contribution in [1.29, 1.82) is 0 Å². The van der Waals surface area contributed by atoms with Crippen molar-refractivity contribution in [3.63, 3.8) is 0 Å². The zero-order chi connectivity index (χ0) is 36.2. The minimum absolute atomic E-state index is 0.00986. The molecule has 8 atom stereocenters. The van der Waals surface area contributed by atoms with Crippen LogP contribution in [-0.2, 0) is 9.47 Å². The molecule has 0 amide bonds. The maximum absolute atomic E-state index is 11.8. The molecule has 6 heteroatoms. The van der Waals surface area contributed by atoms with E-state index in [1.165, 1.54) is 0 Å². The Hall–Kier alpha value is -3.16. The fraction of sp³-hybridized carbons (Fsp3) is 0.545. The molecule has 0 radical (unpaired) electrons. The molecule has 3 heterocycles. The maximum atomic E-state index is 11.8. The van der Waals surface area contributed by atoms with Gasteiger partial charge in [0.25, 0.3) is 0 Å². The molecule has 2 fully saturated rings. The first-order valence-electron chi connectivity index (χ1n) is 18.7. The summed E-state index contributed by atoms with van der Waals surface area (Å²) in [6, 6.07) is 16.6. The number of ether oxygens (including phenoxy) is 2. The summed E-state index contributed by atoms with van der Waals surface area (Å²) in [7, 11) is 0. The van der Waals surface area contributed by atoms with E-state index >= 15 is 0 Å². The van der Waals surface area contributed by atoms with Gasteiger partial charge in [0, 0.05) is 11.4 Å². The van der Waals surface area contributed by atoms with Crippen molar-refractivity contribution in [1.82, 2.24) is 0 Å². The van der Waals surface area contributed by atoms with Gasteiger partial charge in [-0.1, -0.05) is 101 Å². The van der Waals surface area contributed by atoms with Gasteiger partial charge in [0.2, 0.25) is 0 Å². The summed E-state index contributed by atoms with van der Waals surface area (Å²) < 4.78 is 13.5. The SMILES string of the molecule is C=CC(C)(C)CC1Nc2ccccc2/C=C/C[C@@](C)(O)[C@@H]2CC[C@H](O2)C(CC(C)(C)C=C)Nc2ccccc2/C=C/C[C@@](C)(O)[C@@H]2CC[C@@H]1O2. The Labute approximate surface area is 301 Å². The average Bonchev–Trinajstić information content (AvgIpc) is 3.77. The minimum atomic E-state index is -1.02. The monoisotopic (exact) mass is 682 g/mol. The molecule has 4 N–H and O–H groups in total. The van der Waals surface area contributed by atoms with Crippen molar-refractivity contribution < 1.29 is 19.7 Å². The molecule has 0 aromatic heterocycles. The van der Waals surface area contributed by atoms with Crippen molar-refractivity contribution >= 4 is 23.5 Å². The van der Waals surface area contributed by atoms with Crippen molar-refractivity contribution in [3.05, 3.63) is 97.1 Å². The number of anilines is 2. The third-order valence-electron chi connectivity index (χ3n) is 11.2. The van der Waals surface area contributed by atoms with Gasteiger partial charge in [0.15, 0.2) is 0 Å². The molecule has 0 aliphatic carbocycles. The van der Waals surface area contributed by atoms with E-state index in [0.717, 1.165) is 61.0 Å². The lowest BCUT2D eigenvalue weighted by Crippen LogP contribution is -2.42. The van der Waals surface area contributed by atoms with Gasteiger partial charge < -0.3 is 30.3 Å². The van der Waals surface area contributed by atoms with E-state index in [4.69, 9.17) is 9.47 Å². The molecular weight excluding hydrogens is 620 g/mol. The predicted octanol–water partition coefficient (Wildman–Crippen LogP) is 9.57. The molecule has 4 bridgehead atoms. The maximum Gasteiger partial charge on any atom is 0.0914 e. The zero-order valence-corrected chi connectivity index (χ0v) is 31.3. The van der Waals surface area contributed by atoms with Crippen LogP contribution in [0.5, 0.6) is 0 Å². The third kappa shape index (κ3) is 9.58. The van der Waals surface area contributed by atoms with Crippen LogP contribution < -0.4 is 10.6 Å². The fourth-order valence-electron chi connectivity index (χ4n) is 7.74. The first-order chi connectivity index (χ1) is 23.6. The molecule has 2 saturated heterocycles. The Morgan fingerprint density at radius 2 is 1.06 bits per heavy atom. The van der Waals surface area contributed by atoms with Gasteiger partial charge in [-0.05, 0) is 99.3 Å². The number of para-hydroxylation sites is 2. The number of nitrogens with one attached hydrogen (secondary N) is 2. The molecule has 2 unspecified atom stereocenters. The molecule has 272 valence electrons. The van der Waals surface area contributed by atoms with E-state index in [1.807, 2.05) is 50.3 Å². The highest BCUT2D eigenvalue weighted by Crippen LogP contribution is 2.39. The van der Waals surface area contributed by atoms with Crippen molar-refractivity contribution in [2.24, 2.45) is 10.8 Å². The zero-order valence-electron chi connectivity index (χ0n) is 31.3. The molecule has 2 aromatic carbocycles. The Morgan fingerprint density at radius 1 is 0.680 bits per heavy atom. The van der Waals surface area contributed by atoms with Gasteiger partial charge in [-0.15, -0.1) is 13.2 Å². The second-order valence-corrected chi connectivity index (χ2v) is 16.9. The van der Waals surface area contributed by atoms with Crippen LogP contribution in [0.15, 0.2) is 86.0 Å². The molecule has 3 aliphatic rings. The number of hydrogen-bond donors (Lipinski definition) is 4. The summed E-state index contributed by atoms with van der Waals surface area (Å²) in [5, 5.41) is 31.2. The largest absolute Gasteiger partial charge is 0.387 e. The number of benzene rings is 2. The van der Waals surface area contributed by atoms with Crippen LogP contribution in [-0.4, -0.2) is 57.9 Å². The Kier molecular flexibility index (Phi) is 11.9. The number of aliphatic hydroxyl groups is 2. The lowest BCUT2D eigenvalue weighted by Gasteiger charge is -2.35. The minimum Gasteiger partial charge on any atom is -0.387 e. The number of fused-ring (bicyclic) bond motifs is 6. The molecule has 2 aromatic rings. The van der Waals surface area contributed by atoms with E-state index in [-0.39, 0.29) is 47.3 Å². The second kappa shape index (κ2) is 15.6. The van der Waals surface area contributed by atoms with Crippen LogP contribution in [0.25, 0.3) is 12.2 Å². The van der Waals surface area contributed by atoms with Crippen LogP contribution in [0.3, 0.4) is 0 Å². The summed E-state index contributed by atoms with van der Waals surface area (Å²) in [5.41, 5.74) is 1.88. The van der Waals surface area contributed by atoms with Gasteiger partial charge in [-0.25, -0.2) is 0 Å². The van der Waals surface area contributed by atoms with Crippen molar-refractivity contribution in [2.45, 2.75) is 141 Å². The fourth-order valence-corrected chi connectivity index (χ4v) is 7.74. The Morgan fingerprint density at radius 3 is 1.44 bits per heavy atom. The van der Waals surface area contributed by atoms with Gasteiger partial charge >= 0.3 is 0 Å². The highest BCUT2D eigenvalue weighted by molar-refractivity contribution is 5.68. The summed E-state index contributed by atoms with van der Waals surface area (Å²) in [4.78, 5) is 0. The Balaban J connectivity index is 1.50. The van der Waals surface area contributed by atoms with Crippen LogP contribution in [0, 0.1) is 10.8 Å². The normalized spacial score (nSPS) is 33.7. The van der Waals surface area contributed by atoms with Crippen molar-refractivity contribution in [3.8, 4) is 0 Å². The van der Waals surface area contributed by atoms with Gasteiger partial charge in [-0.2, -0.15) is 0 Å². The van der Waals surface area contributed by atoms with Gasteiger partial charge in [-0.3, -0.25) is 0 Å². The predicted molar refractivity (Wildman–Crippen MR) is 209 cm³/mol. The number of rotatable bonds is 6. The molecule has 0 spiro atoms. The second-order valence-electron chi connectivity index (χ2n) is 16.9. The van der Waals surface area contributed by atoms with Crippen LogP contribution in [0.4, 0.5) is 11.4 Å². The van der Waals surface area contributed by atoms with Crippen LogP contribution >= 0.6 is 0 Å². The van der Waals surface area contributed by atoms with Crippen LogP contribution in [0.2, 0.25) is 0 Å². The summed E-state index contributed by atoms with van der Waals surface area (Å²) >= 11 is 0. The average molecular weight is 683 g/mol. The smallest absolute Gasteiger partial charge is 0.0914 e. The van der Waals surface area contributed by atoms with E-state index in [1.54, 1.807) is 0 Å². The standard InChI is InChI=1S/C44H62N2O4/c1-9-41(3,4)29-35-37-23-25-39(49-37)43(7,47)27-16-20-32-18-12-14-22-34(32)46-36(30-42(5,6)10-2)38-24-26-40(50-38)44(8,48)28-15-19-31-17-11-13-21-33(31)45-35/h9-22,35-40,45-48H,1-2,23-30H2,3-8H3/b19-15+,20-16+/t35?,36?,37-,38-,39-,40-,43+,44+/m0/s1. The van der Waals surface area contributed by atoms with E-state index < -0.39 is 11.2 Å². The molecule has 5 rings (SSSR count). The lowest BCUT2D eigenvalue weighted by atomic mass is 9.83. The van der Waals surface area contributed by atoms with Gasteiger partial charge in [0.05, 0.1) is 47.7 Å². The molecular formula is C44H62N2O4. The number of allylic oxidation sites excluding steroid dienone is 2. The molecule has 50 heavy (non-hydrogen) atoms. The van der Waals surface area contributed by atoms with E-state index in [2.05, 4.69) is 100 Å². The lowest BCUT2D eigenvalue weighted by molar-refractivity contribution is -0.0953. The first kappa shape index (κ1) is 38.1. The quantitative estimate of drug-likeness (QED) is 0.227. The highest BCUT2D eigenvalue weighted by atomic mass is 16.5. The Bertz CT molecular complexity index is 1410. The molecule has 0 saturated carbocycles. The highest BCUT2D eigenvalue weighted by Gasteiger charge is 2.43. The molecule has 3 aliphatic heterocycles. The summed E-state index contributed by atoms with van der Waals surface area (Å²) in [5.74, 6) is 0. The topological polar surface area (TPSA) is 83.0 Å². The van der Waals surface area contributed by atoms with Crippen LogP contribution in [0.1, 0.15) is 104 Å². The summed E-state index contributed by atoms with van der Waals surface area (Å²) in [6.07, 6.45) is 17.6. The van der Waals surface area contributed by atoms with Gasteiger partial charge in [0.1, 0.15) is 0 Å². The van der Waals surface area contributed by atoms with E-state index in [0.29, 0.717) is 12.8 Å². The van der Waals surface area contributed by atoms with Crippen molar-refractivity contribution in [2.75, 3.05) is 10.6 Å². The summed E-state index contributed by atoms with van der Waals surface area (Å²) in [6.45, 7) is 20.8.